The largest absolute Gasteiger partial charge is 0.497 e. The fourth-order valence-corrected chi connectivity index (χ4v) is 5.80. The van der Waals surface area contributed by atoms with Crippen LogP contribution in [0.5, 0.6) is 5.75 Å². The molecule has 0 bridgehead atoms. The van der Waals surface area contributed by atoms with Crippen molar-refractivity contribution in [2.45, 2.75) is 95.7 Å². The molecule has 3 aromatic carbocycles. The summed E-state index contributed by atoms with van der Waals surface area (Å²) in [5.41, 5.74) is 1.38. The maximum Gasteiger partial charge on any atom is 0.338 e. The van der Waals surface area contributed by atoms with Crippen LogP contribution in [0, 0.1) is 10.1 Å². The molecule has 2 aliphatic rings. The second-order valence-electron chi connectivity index (χ2n) is 12.6. The normalized spacial score (nSPS) is 15.3. The quantitative estimate of drug-likeness (QED) is 0.0770. The summed E-state index contributed by atoms with van der Waals surface area (Å²) in [7, 11) is 1.59. The SMILES string of the molecule is C(=NC1CCCCC1)=NC1CCCCC1.COc1ccc2cc([C@H](C)C(=O)OCC(=O)COC(=O)c3ccc(CO[N+](=O)[O-])cc3)ccc2c1. The lowest BCUT2D eigenvalue weighted by Crippen LogP contribution is -2.22. The summed E-state index contributed by atoms with van der Waals surface area (Å²) in [4.78, 5) is 59.9. The maximum absolute atomic E-state index is 12.4. The van der Waals surface area contributed by atoms with E-state index in [0.29, 0.717) is 17.6 Å². The summed E-state index contributed by atoms with van der Waals surface area (Å²) >= 11 is 0. The van der Waals surface area contributed by atoms with Crippen LogP contribution in [0.3, 0.4) is 0 Å². The molecule has 0 radical (unpaired) electrons. The molecule has 0 heterocycles. The lowest BCUT2D eigenvalue weighted by atomic mass is 9.96. The van der Waals surface area contributed by atoms with Gasteiger partial charge in [-0.2, -0.15) is 0 Å². The van der Waals surface area contributed by atoms with Crippen LogP contribution in [-0.4, -0.2) is 61.2 Å². The Morgan fingerprint density at radius 3 is 2.00 bits per heavy atom. The zero-order valence-corrected chi connectivity index (χ0v) is 28.7. The molecule has 2 fully saturated rings. The van der Waals surface area contributed by atoms with Gasteiger partial charge >= 0.3 is 11.9 Å². The van der Waals surface area contributed by atoms with E-state index in [9.17, 15) is 24.5 Å². The lowest BCUT2D eigenvalue weighted by Gasteiger charge is -2.17. The Bertz CT molecular complexity index is 1630. The Kier molecular flexibility index (Phi) is 14.9. The topological polar surface area (TPSA) is 156 Å². The zero-order valence-electron chi connectivity index (χ0n) is 28.7. The second kappa shape index (κ2) is 19.8. The van der Waals surface area contributed by atoms with Crippen molar-refractivity contribution in [1.82, 2.24) is 0 Å². The molecule has 12 heteroatoms. The smallest absolute Gasteiger partial charge is 0.338 e. The number of carbonyl (C=O) groups excluding carboxylic acids is 3. The first kappa shape index (κ1) is 37.7. The Balaban J connectivity index is 0.000000310. The van der Waals surface area contributed by atoms with Crippen molar-refractivity contribution in [3.05, 3.63) is 87.5 Å². The minimum absolute atomic E-state index is 0.155. The molecule has 0 N–H and O–H groups in total. The number of Topliss-reactive ketones (excluding diaryl/α,β-unsaturated/α-hetero) is 1. The first-order valence-electron chi connectivity index (χ1n) is 17.2. The summed E-state index contributed by atoms with van der Waals surface area (Å²) in [6.07, 6.45) is 13.2. The van der Waals surface area contributed by atoms with Crippen molar-refractivity contribution < 1.29 is 38.5 Å². The van der Waals surface area contributed by atoms with Gasteiger partial charge in [-0.25, -0.2) is 14.8 Å². The van der Waals surface area contributed by atoms with Crippen molar-refractivity contribution in [2.24, 2.45) is 9.98 Å². The van der Waals surface area contributed by atoms with E-state index >= 15 is 0 Å². The summed E-state index contributed by atoms with van der Waals surface area (Å²) < 4.78 is 15.3. The highest BCUT2D eigenvalue weighted by Gasteiger charge is 2.20. The van der Waals surface area contributed by atoms with Crippen molar-refractivity contribution in [1.29, 1.82) is 0 Å². The van der Waals surface area contributed by atoms with E-state index in [1.165, 1.54) is 88.5 Å². The molecule has 3 aromatic rings. The Morgan fingerprint density at radius 2 is 1.40 bits per heavy atom. The van der Waals surface area contributed by atoms with Gasteiger partial charge in [-0.3, -0.25) is 9.59 Å². The molecule has 2 saturated carbocycles. The molecule has 50 heavy (non-hydrogen) atoms. The van der Waals surface area contributed by atoms with Crippen LogP contribution < -0.4 is 4.74 Å². The van der Waals surface area contributed by atoms with E-state index in [2.05, 4.69) is 20.8 Å². The Labute approximate surface area is 292 Å². The predicted molar refractivity (Wildman–Crippen MR) is 187 cm³/mol. The number of hydrogen-bond donors (Lipinski definition) is 0. The van der Waals surface area contributed by atoms with E-state index < -0.39 is 41.9 Å². The van der Waals surface area contributed by atoms with E-state index in [0.717, 1.165) is 22.1 Å². The molecule has 5 rings (SSSR count). The number of ketones is 1. The predicted octanol–water partition coefficient (Wildman–Crippen LogP) is 7.46. The van der Waals surface area contributed by atoms with Crippen LogP contribution in [0.2, 0.25) is 0 Å². The minimum Gasteiger partial charge on any atom is -0.497 e. The molecule has 0 aliphatic heterocycles. The van der Waals surface area contributed by atoms with Gasteiger partial charge in [0.2, 0.25) is 5.78 Å². The fourth-order valence-electron chi connectivity index (χ4n) is 5.80. The molecule has 266 valence electrons. The summed E-state index contributed by atoms with van der Waals surface area (Å²) in [6.45, 7) is 0.333. The number of carbonyl (C=O) groups is 3. The fraction of sp³-hybridized carbons (Fsp3) is 0.474. The second-order valence-corrected chi connectivity index (χ2v) is 12.6. The first-order chi connectivity index (χ1) is 24.2. The van der Waals surface area contributed by atoms with Gasteiger partial charge in [-0.15, -0.1) is 10.1 Å². The van der Waals surface area contributed by atoms with Gasteiger partial charge in [0.05, 0.1) is 36.7 Å². The van der Waals surface area contributed by atoms with Crippen molar-refractivity contribution in [3.63, 3.8) is 0 Å². The van der Waals surface area contributed by atoms with Gasteiger partial charge < -0.3 is 19.0 Å². The summed E-state index contributed by atoms with van der Waals surface area (Å²) in [5.74, 6) is -1.79. The summed E-state index contributed by atoms with van der Waals surface area (Å²) in [6, 6.07) is 20.9. The number of ether oxygens (including phenoxy) is 3. The van der Waals surface area contributed by atoms with Gasteiger partial charge in [-0.05, 0) is 78.8 Å². The average Bonchev–Trinajstić information content (AvgIpc) is 3.15. The molecule has 12 nitrogen and oxygen atoms in total. The standard InChI is InChI=1S/C25H23NO9.C13H22N2/c1-16(19-7-8-21-12-23(32-2)10-9-20(21)11-19)24(28)33-14-22(27)15-34-25(29)18-5-3-17(4-6-18)13-35-26(30)31;1-3-7-12(8-4-1)14-11-15-13-9-5-2-6-10-13/h3-12,16H,13-15H2,1-2H3;12-13H,1-10H2/t16-;/m0./s1. The number of benzene rings is 3. The highest BCUT2D eigenvalue weighted by molar-refractivity contribution is 5.92. The van der Waals surface area contributed by atoms with Gasteiger partial charge in [0.25, 0.3) is 5.09 Å². The molecule has 0 saturated heterocycles. The molecular weight excluding hydrogens is 642 g/mol. The van der Waals surface area contributed by atoms with Crippen LogP contribution in [0.4, 0.5) is 0 Å². The number of aliphatic imine (C=N–C) groups is 2. The number of esters is 2. The van der Waals surface area contributed by atoms with Crippen LogP contribution in [0.15, 0.2) is 70.6 Å². The van der Waals surface area contributed by atoms with E-state index in [1.54, 1.807) is 14.0 Å². The Morgan fingerprint density at radius 1 is 0.820 bits per heavy atom. The number of hydrogen-bond acceptors (Lipinski definition) is 11. The first-order valence-corrected chi connectivity index (χ1v) is 17.2. The molecule has 1 atom stereocenters. The number of nitrogens with zero attached hydrogens (tertiary/aromatic N) is 3. The third-order valence-electron chi connectivity index (χ3n) is 8.82. The van der Waals surface area contributed by atoms with Crippen LogP contribution >= 0.6 is 0 Å². The van der Waals surface area contributed by atoms with Crippen LogP contribution in [0.25, 0.3) is 10.8 Å². The van der Waals surface area contributed by atoms with Gasteiger partial charge in [-0.1, -0.05) is 74.9 Å². The maximum atomic E-state index is 12.4. The highest BCUT2D eigenvalue weighted by atomic mass is 16.9. The summed E-state index contributed by atoms with van der Waals surface area (Å²) in [5, 5.41) is 11.2. The highest BCUT2D eigenvalue weighted by Crippen LogP contribution is 2.26. The monoisotopic (exact) mass is 687 g/mol. The number of rotatable bonds is 13. The van der Waals surface area contributed by atoms with Gasteiger partial charge in [0.15, 0.2) is 13.2 Å². The van der Waals surface area contributed by atoms with Crippen molar-refractivity contribution >= 4 is 34.5 Å². The number of fused-ring (bicyclic) bond motifs is 1. The molecule has 0 spiro atoms. The van der Waals surface area contributed by atoms with Crippen LogP contribution in [-0.2, 0) is 30.5 Å². The number of methoxy groups -OCH3 is 1. The molecule has 0 unspecified atom stereocenters. The van der Waals surface area contributed by atoms with Crippen LogP contribution in [0.1, 0.15) is 98.5 Å². The van der Waals surface area contributed by atoms with E-state index in [4.69, 9.17) is 14.2 Å². The molecule has 2 aliphatic carbocycles. The zero-order chi connectivity index (χ0) is 35.7. The van der Waals surface area contributed by atoms with Crippen molar-refractivity contribution in [3.8, 4) is 5.75 Å². The molecular formula is C38H45N3O9. The molecule has 0 amide bonds. The molecule has 0 aromatic heterocycles. The van der Waals surface area contributed by atoms with E-state index in [1.807, 2.05) is 36.4 Å². The lowest BCUT2D eigenvalue weighted by molar-refractivity contribution is -0.763. The average molecular weight is 688 g/mol. The van der Waals surface area contributed by atoms with Gasteiger partial charge in [0, 0.05) is 0 Å². The van der Waals surface area contributed by atoms with Crippen molar-refractivity contribution in [2.75, 3.05) is 20.3 Å². The third-order valence-corrected chi connectivity index (χ3v) is 8.82. The minimum atomic E-state index is -0.916. The van der Waals surface area contributed by atoms with E-state index in [-0.39, 0.29) is 12.2 Å². The Hall–Kier alpha value is -5.09. The van der Waals surface area contributed by atoms with Gasteiger partial charge in [0.1, 0.15) is 12.4 Å². The third kappa shape index (κ3) is 12.4.